The van der Waals surface area contributed by atoms with Gasteiger partial charge in [-0.05, 0) is 19.0 Å². The second-order valence-electron chi connectivity index (χ2n) is 3.91. The molecule has 4 heteroatoms. The van der Waals surface area contributed by atoms with Gasteiger partial charge in [-0.2, -0.15) is 0 Å². The number of hydrogen-bond acceptors (Lipinski definition) is 3. The standard InChI is InChI=1S/C10H25NO2Si/c1-7-11(9-10(3)4)14(8-2,12-5)13-6/h10H,7-9H2,1-6H3. The quantitative estimate of drug-likeness (QED) is 0.613. The van der Waals surface area contributed by atoms with Crippen LogP contribution in [0.1, 0.15) is 27.7 Å². The first-order valence-corrected chi connectivity index (χ1v) is 7.38. The SMILES string of the molecule is CCN(CC(C)C)[Si](CC)(OC)OC. The summed E-state index contributed by atoms with van der Waals surface area (Å²) in [5.41, 5.74) is 0. The smallest absolute Gasteiger partial charge is 0.386 e. The Balaban J connectivity index is 4.56. The van der Waals surface area contributed by atoms with Crippen molar-refractivity contribution in [2.45, 2.75) is 33.7 Å². The maximum atomic E-state index is 5.63. The lowest BCUT2D eigenvalue weighted by molar-refractivity contribution is 0.158. The van der Waals surface area contributed by atoms with E-state index in [9.17, 15) is 0 Å². The lowest BCUT2D eigenvalue weighted by atomic mass is 10.2. The predicted molar refractivity (Wildman–Crippen MR) is 62.3 cm³/mol. The fourth-order valence-electron chi connectivity index (χ4n) is 1.80. The molecule has 0 aromatic rings. The van der Waals surface area contributed by atoms with Crippen LogP contribution in [0.15, 0.2) is 0 Å². The van der Waals surface area contributed by atoms with Crippen LogP contribution in [-0.2, 0) is 8.85 Å². The van der Waals surface area contributed by atoms with Crippen LogP contribution < -0.4 is 0 Å². The molecule has 0 aliphatic rings. The molecule has 3 nitrogen and oxygen atoms in total. The van der Waals surface area contributed by atoms with Gasteiger partial charge >= 0.3 is 8.72 Å². The Bertz CT molecular complexity index is 141. The third-order valence-corrected chi connectivity index (χ3v) is 6.17. The molecule has 0 saturated heterocycles. The Hall–Kier alpha value is 0.0969. The van der Waals surface area contributed by atoms with E-state index in [4.69, 9.17) is 8.85 Å². The minimum absolute atomic E-state index is 0.652. The average molecular weight is 219 g/mol. The fraction of sp³-hybridized carbons (Fsp3) is 1.00. The maximum absolute atomic E-state index is 5.63. The Morgan fingerprint density at radius 1 is 1.14 bits per heavy atom. The van der Waals surface area contributed by atoms with Crippen LogP contribution in [0.25, 0.3) is 0 Å². The Morgan fingerprint density at radius 2 is 1.64 bits per heavy atom. The van der Waals surface area contributed by atoms with Gasteiger partial charge in [-0.25, -0.2) is 0 Å². The summed E-state index contributed by atoms with van der Waals surface area (Å²) in [4.78, 5) is 0. The van der Waals surface area contributed by atoms with Crippen molar-refractivity contribution in [2.75, 3.05) is 27.3 Å². The van der Waals surface area contributed by atoms with Crippen molar-refractivity contribution in [2.24, 2.45) is 5.92 Å². The molecule has 0 radical (unpaired) electrons. The van der Waals surface area contributed by atoms with Crippen LogP contribution in [0.2, 0.25) is 6.04 Å². The molecule has 0 saturated carbocycles. The highest BCUT2D eigenvalue weighted by Gasteiger charge is 2.40. The van der Waals surface area contributed by atoms with E-state index < -0.39 is 8.72 Å². The van der Waals surface area contributed by atoms with Gasteiger partial charge in [0.2, 0.25) is 0 Å². The zero-order chi connectivity index (χ0) is 11.2. The van der Waals surface area contributed by atoms with Gasteiger partial charge in [0.05, 0.1) is 0 Å². The van der Waals surface area contributed by atoms with Crippen LogP contribution in [0.3, 0.4) is 0 Å². The summed E-state index contributed by atoms with van der Waals surface area (Å²) in [5, 5.41) is 0. The summed E-state index contributed by atoms with van der Waals surface area (Å²) >= 11 is 0. The van der Waals surface area contributed by atoms with Gasteiger partial charge < -0.3 is 8.85 Å². The lowest BCUT2D eigenvalue weighted by Crippen LogP contribution is -2.58. The monoisotopic (exact) mass is 219 g/mol. The van der Waals surface area contributed by atoms with E-state index in [0.717, 1.165) is 19.1 Å². The summed E-state index contributed by atoms with van der Waals surface area (Å²) in [6, 6.07) is 0.973. The van der Waals surface area contributed by atoms with Gasteiger partial charge in [-0.1, -0.05) is 27.7 Å². The molecule has 0 bridgehead atoms. The van der Waals surface area contributed by atoms with Gasteiger partial charge in [-0.3, -0.25) is 4.57 Å². The third kappa shape index (κ3) is 3.35. The van der Waals surface area contributed by atoms with E-state index >= 15 is 0 Å². The van der Waals surface area contributed by atoms with Crippen molar-refractivity contribution in [3.63, 3.8) is 0 Å². The summed E-state index contributed by atoms with van der Waals surface area (Å²) in [6.45, 7) is 10.8. The molecular weight excluding hydrogens is 194 g/mol. The lowest BCUT2D eigenvalue weighted by Gasteiger charge is -2.37. The van der Waals surface area contributed by atoms with Crippen molar-refractivity contribution >= 4 is 8.72 Å². The van der Waals surface area contributed by atoms with E-state index in [1.54, 1.807) is 14.2 Å². The normalized spacial score (nSPS) is 12.9. The van der Waals surface area contributed by atoms with E-state index in [2.05, 4.69) is 32.3 Å². The zero-order valence-corrected chi connectivity index (χ0v) is 11.5. The largest absolute Gasteiger partial charge is 0.426 e. The van der Waals surface area contributed by atoms with Crippen LogP contribution in [0.4, 0.5) is 0 Å². The molecule has 0 heterocycles. The average Bonchev–Trinajstić information content (AvgIpc) is 2.19. The molecule has 14 heavy (non-hydrogen) atoms. The van der Waals surface area contributed by atoms with Gasteiger partial charge in [0.15, 0.2) is 0 Å². The minimum Gasteiger partial charge on any atom is -0.386 e. The zero-order valence-electron chi connectivity index (χ0n) is 10.5. The topological polar surface area (TPSA) is 21.7 Å². The minimum atomic E-state index is -2.08. The summed E-state index contributed by atoms with van der Waals surface area (Å²) < 4.78 is 13.6. The summed E-state index contributed by atoms with van der Waals surface area (Å²) in [7, 11) is 1.46. The van der Waals surface area contributed by atoms with Gasteiger partial charge in [0.1, 0.15) is 0 Å². The molecule has 0 unspecified atom stereocenters. The molecule has 0 spiro atoms. The fourth-order valence-corrected chi connectivity index (χ4v) is 4.64. The predicted octanol–water partition coefficient (Wildman–Crippen LogP) is 2.22. The van der Waals surface area contributed by atoms with E-state index in [1.165, 1.54) is 0 Å². The van der Waals surface area contributed by atoms with Gasteiger partial charge in [-0.15, -0.1) is 0 Å². The molecule has 0 N–H and O–H groups in total. The highest BCUT2D eigenvalue weighted by Crippen LogP contribution is 2.18. The third-order valence-electron chi connectivity index (χ3n) is 2.53. The Labute approximate surface area is 89.7 Å². The maximum Gasteiger partial charge on any atom is 0.426 e. The molecule has 0 rings (SSSR count). The van der Waals surface area contributed by atoms with Crippen molar-refractivity contribution in [3.8, 4) is 0 Å². The number of hydrogen-bond donors (Lipinski definition) is 0. The second-order valence-corrected chi connectivity index (χ2v) is 7.49. The highest BCUT2D eigenvalue weighted by atomic mass is 28.4. The summed E-state index contributed by atoms with van der Waals surface area (Å²) in [6.07, 6.45) is 0. The van der Waals surface area contributed by atoms with Crippen LogP contribution in [0.5, 0.6) is 0 Å². The van der Waals surface area contributed by atoms with E-state index in [-0.39, 0.29) is 0 Å². The van der Waals surface area contributed by atoms with Crippen molar-refractivity contribution in [1.29, 1.82) is 0 Å². The van der Waals surface area contributed by atoms with Crippen LogP contribution in [-0.4, -0.2) is 40.6 Å². The number of rotatable bonds is 7. The molecule has 0 amide bonds. The van der Waals surface area contributed by atoms with E-state index in [1.807, 2.05) is 0 Å². The molecule has 0 atom stereocenters. The molecule has 86 valence electrons. The Morgan fingerprint density at radius 3 is 1.86 bits per heavy atom. The van der Waals surface area contributed by atoms with Gasteiger partial charge in [0, 0.05) is 20.3 Å². The molecule has 0 aromatic heterocycles. The molecule has 0 aliphatic carbocycles. The van der Waals surface area contributed by atoms with Crippen LogP contribution in [0, 0.1) is 5.92 Å². The van der Waals surface area contributed by atoms with Crippen molar-refractivity contribution in [3.05, 3.63) is 0 Å². The van der Waals surface area contributed by atoms with Gasteiger partial charge in [0.25, 0.3) is 0 Å². The molecule has 0 aliphatic heterocycles. The first kappa shape index (κ1) is 14.1. The second kappa shape index (κ2) is 6.56. The molecular formula is C10H25NO2Si. The van der Waals surface area contributed by atoms with Crippen LogP contribution >= 0.6 is 0 Å². The number of nitrogens with zero attached hydrogens (tertiary/aromatic N) is 1. The van der Waals surface area contributed by atoms with Crippen molar-refractivity contribution in [1.82, 2.24) is 4.57 Å². The van der Waals surface area contributed by atoms with E-state index in [0.29, 0.717) is 5.92 Å². The van der Waals surface area contributed by atoms with Crippen molar-refractivity contribution < 1.29 is 8.85 Å². The molecule has 0 fully saturated rings. The summed E-state index contributed by atoms with van der Waals surface area (Å²) in [5.74, 6) is 0.652. The highest BCUT2D eigenvalue weighted by molar-refractivity contribution is 6.64. The molecule has 0 aromatic carbocycles. The Kier molecular flexibility index (Phi) is 6.60. The first-order valence-electron chi connectivity index (χ1n) is 5.41. The first-order chi connectivity index (χ1) is 6.56.